The van der Waals surface area contributed by atoms with Gasteiger partial charge in [-0.15, -0.1) is 0 Å². The molecule has 10 rings (SSSR count). The highest BCUT2D eigenvalue weighted by molar-refractivity contribution is 5.73. The normalized spacial score (nSPS) is 49.1. The van der Waals surface area contributed by atoms with Gasteiger partial charge < -0.3 is 279 Å². The monoisotopic (exact) mass is 1880 g/mol. The van der Waals surface area contributed by atoms with Gasteiger partial charge in [-0.2, -0.15) is 0 Å². The second-order valence-electron chi connectivity index (χ2n) is 32.1. The number of ether oxygens (including phenoxy) is 20. The molecule has 0 radical (unpaired) electrons. The minimum atomic E-state index is -2.72. The summed E-state index contributed by atoms with van der Waals surface area (Å²) in [6, 6.07) is -3.77. The van der Waals surface area contributed by atoms with Gasteiger partial charge in [0.2, 0.25) is 11.8 Å². The predicted molar refractivity (Wildman–Crippen MR) is 388 cm³/mol. The molecule has 54 atom stereocenters. The van der Waals surface area contributed by atoms with Crippen LogP contribution in [0.1, 0.15) is 13.8 Å². The lowest BCUT2D eigenvalue weighted by Crippen LogP contribution is -2.70. The van der Waals surface area contributed by atoms with Gasteiger partial charge in [0, 0.05) is 13.8 Å². The highest BCUT2D eigenvalue weighted by Crippen LogP contribution is 2.41. The molecule has 10 fully saturated rings. The summed E-state index contributed by atoms with van der Waals surface area (Å²) < 4.78 is 118. The van der Waals surface area contributed by atoms with Gasteiger partial charge in [0.05, 0.1) is 85.3 Å². The number of aliphatic hydroxyl groups excluding tert-OH is 34. The number of amides is 2. The Kier molecular flexibility index (Phi) is 39.4. The summed E-state index contributed by atoms with van der Waals surface area (Å²) in [5.41, 5.74) is 0. The molecule has 10 unspecified atom stereocenters. The molecule has 10 saturated heterocycles. The number of hydrogen-bond donors (Lipinski definition) is 36. The van der Waals surface area contributed by atoms with Gasteiger partial charge in [0.1, 0.15) is 262 Å². The van der Waals surface area contributed by atoms with Crippen molar-refractivity contribution in [3.8, 4) is 0 Å². The van der Waals surface area contributed by atoms with Crippen molar-refractivity contribution in [3.63, 3.8) is 0 Å². The van der Waals surface area contributed by atoms with Gasteiger partial charge in [0.25, 0.3) is 0 Å². The molecule has 0 aromatic heterocycles. The topological polar surface area (TPSA) is 931 Å². The molecule has 10 heterocycles. The number of carbonyl (C=O) groups excluding carboxylic acids is 2. The van der Waals surface area contributed by atoms with Crippen molar-refractivity contribution >= 4 is 11.8 Å². The molecule has 128 heavy (non-hydrogen) atoms. The van der Waals surface area contributed by atoms with Crippen LogP contribution in [-0.2, 0) is 104 Å². The van der Waals surface area contributed by atoms with Crippen molar-refractivity contribution in [1.29, 1.82) is 0 Å². The Morgan fingerprint density at radius 3 is 0.875 bits per heavy atom. The molecule has 58 heteroatoms. The number of nitrogens with one attached hydrogen (secondary N) is 2. The average molecular weight is 1890 g/mol. The second-order valence-corrected chi connectivity index (χ2v) is 32.1. The lowest BCUT2D eigenvalue weighted by atomic mass is 9.94. The molecule has 0 saturated carbocycles. The summed E-state index contributed by atoms with van der Waals surface area (Å²) >= 11 is 0. The molecular formula is C70H120N2O56. The molecule has 10 aliphatic heterocycles. The standard InChI is InChI=1S/C70H120N2O56/c1-15(83)71-17(3-73)30(86)53(18(85)4-74)121-61-29(72-16(2)84)40(96)54(26(12-82)118-61)122-66-52(108)56(124-69-60(47(103)37(93)24(10-80)116-69)128-70-59(46(102)36(92)25(11-81)117-70)127-65-50(106)43(99)33(89)21(7-77)113-65)39(95)28(120-66)13-109-62-51(107)55(123-68-58(45(101)35(91)23(9-79)115-68)126-64-49(105)42(98)32(88)20(6-76)112-64)38(94)27(119-62)14-110-67-57(44(100)34(90)22(8-78)114-67)125-63-48(104)41(97)31(87)19(5-75)111-63/h17-70,73-82,85-108H,3-14H2,1-2H3,(H,71,83)(H,72,84)/t17-,18+,19+,20+,21+,22+,23+,24+,25+,26+,27+,28+,29+,30+,31+,32+,33+,34+,35+,36+,37+,38+,39+,40+,41-,42-,43-,44-,45-,46-,47-,48-,49-,50-,51-,52-,53+,54+,55-,56-,57-,58-,59-,60-,61?,62?,63?,64?,65?,66?,67?,68?,69?,70?/m0/s1. The third-order valence-corrected chi connectivity index (χ3v) is 23.4. The van der Waals surface area contributed by atoms with Crippen LogP contribution >= 0.6 is 0 Å². The molecule has 0 aromatic carbocycles. The SMILES string of the molecule is CC(=O)N[C@@H](CO)[C@@H](O)[C@H](OC1O[C@H](CO)[C@@H](OC2O[C@H](COC3O[C@H](COC4O[C@H](CO)[C@@H](O)[C@H](O)[C@@H]4OC4O[C@H](CO)[C@@H](O)[C@H](O)[C@@H]4O)[C@@H](O)[C@H](OC4O[C@H](CO)[C@@H](O)[C@H](O)[C@@H]4OC4O[C@H](CO)[C@@H](O)[C@H](O)[C@@H]4O)[C@@H]3O)[C@@H](O)[C@H](OC3O[C@H](CO)[C@@H](O)[C@H](O)[C@@H]3OC3O[C@H](CO)[C@@H](O)[C@H](O)[C@@H]3OC3O[C@H](CO)[C@@H](O)[C@H](O)[C@@H]3O)[C@@H]2O)[C@H](O)[C@H]1NC(C)=O)[C@H](O)CO. The van der Waals surface area contributed by atoms with E-state index in [2.05, 4.69) is 10.6 Å². The summed E-state index contributed by atoms with van der Waals surface area (Å²) in [5, 5.41) is 382. The zero-order valence-corrected chi connectivity index (χ0v) is 67.8. The first-order chi connectivity index (χ1) is 60.6. The first kappa shape index (κ1) is 107. The quantitative estimate of drug-likeness (QED) is 0.0275. The van der Waals surface area contributed by atoms with Crippen molar-refractivity contribution in [3.05, 3.63) is 0 Å². The molecule has 746 valence electrons. The van der Waals surface area contributed by atoms with Crippen molar-refractivity contribution in [2.75, 3.05) is 79.3 Å². The van der Waals surface area contributed by atoms with E-state index in [1.54, 1.807) is 0 Å². The molecule has 58 nitrogen and oxygen atoms in total. The van der Waals surface area contributed by atoms with E-state index >= 15 is 0 Å². The van der Waals surface area contributed by atoms with Crippen molar-refractivity contribution < 1.29 is 278 Å². The molecular weight excluding hydrogens is 1760 g/mol. The van der Waals surface area contributed by atoms with Gasteiger partial charge in [-0.25, -0.2) is 0 Å². The fourth-order valence-electron chi connectivity index (χ4n) is 16.0. The highest BCUT2D eigenvalue weighted by Gasteiger charge is 2.62. The van der Waals surface area contributed by atoms with Crippen LogP contribution < -0.4 is 10.6 Å². The van der Waals surface area contributed by atoms with Gasteiger partial charge in [-0.3, -0.25) is 9.59 Å². The van der Waals surface area contributed by atoms with Crippen LogP contribution in [0.15, 0.2) is 0 Å². The smallest absolute Gasteiger partial charge is 0.217 e. The van der Waals surface area contributed by atoms with Crippen LogP contribution in [0.25, 0.3) is 0 Å². The molecule has 0 bridgehead atoms. The summed E-state index contributed by atoms with van der Waals surface area (Å²) in [6.07, 6.45) is -117. The van der Waals surface area contributed by atoms with E-state index in [-0.39, 0.29) is 0 Å². The Balaban J connectivity index is 1.03. The Bertz CT molecular complexity index is 3330. The number of aliphatic hydroxyl groups is 34. The molecule has 0 spiro atoms. The molecule has 10 aliphatic rings. The highest BCUT2D eigenvalue weighted by atomic mass is 16.8. The number of rotatable bonds is 37. The first-order valence-electron chi connectivity index (χ1n) is 40.6. The third kappa shape index (κ3) is 23.4. The van der Waals surface area contributed by atoms with E-state index < -0.39 is 422 Å². The van der Waals surface area contributed by atoms with E-state index in [0.29, 0.717) is 0 Å². The van der Waals surface area contributed by atoms with Gasteiger partial charge in [-0.1, -0.05) is 0 Å². The fourth-order valence-corrected chi connectivity index (χ4v) is 16.0. The average Bonchev–Trinajstić information content (AvgIpc) is 0.763. The maximum absolute atomic E-state index is 13.1. The third-order valence-electron chi connectivity index (χ3n) is 23.4. The van der Waals surface area contributed by atoms with E-state index in [0.717, 1.165) is 13.8 Å². The van der Waals surface area contributed by atoms with Crippen LogP contribution in [0, 0.1) is 0 Å². The van der Waals surface area contributed by atoms with Crippen LogP contribution in [-0.4, -0.2) is 596 Å². The fraction of sp³-hybridized carbons (Fsp3) is 0.971. The zero-order valence-electron chi connectivity index (χ0n) is 67.8. The lowest BCUT2D eigenvalue weighted by Gasteiger charge is -2.51. The summed E-state index contributed by atoms with van der Waals surface area (Å²) in [6.45, 7) is -12.3. The Morgan fingerprint density at radius 2 is 0.539 bits per heavy atom. The minimum absolute atomic E-state index is 0.850. The number of hydrogen-bond acceptors (Lipinski definition) is 56. The zero-order chi connectivity index (χ0) is 94.4. The molecule has 0 aliphatic carbocycles. The Labute approximate surface area is 723 Å². The Morgan fingerprint density at radius 1 is 0.266 bits per heavy atom. The summed E-state index contributed by atoms with van der Waals surface area (Å²) in [7, 11) is 0. The van der Waals surface area contributed by atoms with Crippen LogP contribution in [0.5, 0.6) is 0 Å². The van der Waals surface area contributed by atoms with E-state index in [1.165, 1.54) is 0 Å². The number of carbonyl (C=O) groups is 2. The molecule has 2 amide bonds. The van der Waals surface area contributed by atoms with Crippen LogP contribution in [0.3, 0.4) is 0 Å². The molecule has 36 N–H and O–H groups in total. The first-order valence-corrected chi connectivity index (χ1v) is 40.6. The largest absolute Gasteiger partial charge is 0.394 e. The summed E-state index contributed by atoms with van der Waals surface area (Å²) in [4.78, 5) is 25.2. The van der Waals surface area contributed by atoms with Crippen molar-refractivity contribution in [1.82, 2.24) is 10.6 Å². The van der Waals surface area contributed by atoms with Crippen LogP contribution in [0.2, 0.25) is 0 Å². The minimum Gasteiger partial charge on any atom is -0.394 e. The van der Waals surface area contributed by atoms with E-state index in [1.807, 2.05) is 0 Å². The van der Waals surface area contributed by atoms with Crippen molar-refractivity contribution in [2.45, 2.75) is 345 Å². The summed E-state index contributed by atoms with van der Waals surface area (Å²) in [5.74, 6) is -1.89. The Hall–Kier alpha value is -3.22. The molecule has 0 aromatic rings. The van der Waals surface area contributed by atoms with Gasteiger partial charge in [0.15, 0.2) is 62.9 Å². The second kappa shape index (κ2) is 47.2. The maximum Gasteiger partial charge on any atom is 0.217 e. The van der Waals surface area contributed by atoms with Crippen molar-refractivity contribution in [2.24, 2.45) is 0 Å². The van der Waals surface area contributed by atoms with E-state index in [4.69, 9.17) is 94.7 Å². The van der Waals surface area contributed by atoms with Crippen LogP contribution in [0.4, 0.5) is 0 Å². The lowest BCUT2D eigenvalue weighted by molar-refractivity contribution is -0.408. The van der Waals surface area contributed by atoms with E-state index in [9.17, 15) is 183 Å². The maximum atomic E-state index is 13.1. The predicted octanol–water partition coefficient (Wildman–Crippen LogP) is -25.1. The van der Waals surface area contributed by atoms with Gasteiger partial charge >= 0.3 is 0 Å². The van der Waals surface area contributed by atoms with Gasteiger partial charge in [-0.05, 0) is 0 Å².